The van der Waals surface area contributed by atoms with E-state index in [0.29, 0.717) is 23.7 Å². The number of amides is 2. The lowest BCUT2D eigenvalue weighted by Gasteiger charge is -2.21. The zero-order chi connectivity index (χ0) is 17.4. The molecule has 126 valence electrons. The first-order valence-corrected chi connectivity index (χ1v) is 7.57. The number of ether oxygens (including phenoxy) is 1. The first-order valence-electron chi connectivity index (χ1n) is 7.57. The predicted octanol–water partition coefficient (Wildman–Crippen LogP) is 2.31. The summed E-state index contributed by atoms with van der Waals surface area (Å²) in [5.74, 6) is -0.449. The summed E-state index contributed by atoms with van der Waals surface area (Å²) in [4.78, 5) is 36.7. The molecule has 0 saturated heterocycles. The number of carbonyl (C=O) groups excluding carboxylic acids is 3. The molecule has 0 saturated carbocycles. The molecule has 1 aromatic rings. The first kappa shape index (κ1) is 18.7. The Balaban J connectivity index is 2.67. The number of methoxy groups -OCH3 is 1. The highest BCUT2D eigenvalue weighted by Crippen LogP contribution is 2.12. The summed E-state index contributed by atoms with van der Waals surface area (Å²) in [5, 5.41) is 2.69. The molecule has 0 unspecified atom stereocenters. The summed E-state index contributed by atoms with van der Waals surface area (Å²) >= 11 is 0. The smallest absolute Gasteiger partial charge is 0.337 e. The molecule has 0 atom stereocenters. The van der Waals surface area contributed by atoms with Crippen molar-refractivity contribution >= 4 is 23.5 Å². The van der Waals surface area contributed by atoms with E-state index in [9.17, 15) is 14.4 Å². The Hall–Kier alpha value is -2.37. The third-order valence-corrected chi connectivity index (χ3v) is 3.32. The lowest BCUT2D eigenvalue weighted by atomic mass is 10.1. The fraction of sp³-hybridized carbons (Fsp3) is 0.471. The lowest BCUT2D eigenvalue weighted by molar-refractivity contribution is -0.132. The first-order chi connectivity index (χ1) is 10.8. The van der Waals surface area contributed by atoms with E-state index in [4.69, 9.17) is 0 Å². The maximum atomic E-state index is 12.1. The molecule has 0 aliphatic rings. The molecule has 0 fully saturated rings. The van der Waals surface area contributed by atoms with E-state index in [1.807, 2.05) is 0 Å². The van der Waals surface area contributed by atoms with Crippen molar-refractivity contribution in [2.24, 2.45) is 5.92 Å². The molecule has 2 amide bonds. The van der Waals surface area contributed by atoms with Crippen molar-refractivity contribution in [2.45, 2.75) is 27.2 Å². The van der Waals surface area contributed by atoms with Crippen LogP contribution in [0.5, 0.6) is 0 Å². The minimum Gasteiger partial charge on any atom is -0.465 e. The van der Waals surface area contributed by atoms with Crippen LogP contribution in [0.25, 0.3) is 0 Å². The molecule has 0 aromatic heterocycles. The van der Waals surface area contributed by atoms with Gasteiger partial charge < -0.3 is 15.0 Å². The fourth-order valence-electron chi connectivity index (χ4n) is 1.98. The molecule has 6 heteroatoms. The van der Waals surface area contributed by atoms with Crippen LogP contribution in [0.4, 0.5) is 5.69 Å². The molecule has 1 rings (SSSR count). The summed E-state index contributed by atoms with van der Waals surface area (Å²) in [6.07, 6.45) is 0.838. The van der Waals surface area contributed by atoms with Crippen LogP contribution in [0.2, 0.25) is 0 Å². The lowest BCUT2D eigenvalue weighted by Crippen LogP contribution is -2.37. The molecule has 0 aliphatic heterocycles. The summed E-state index contributed by atoms with van der Waals surface area (Å²) in [7, 11) is 1.30. The maximum absolute atomic E-state index is 12.1. The van der Waals surface area contributed by atoms with Gasteiger partial charge in [0.2, 0.25) is 11.8 Å². The number of carbonyl (C=O) groups is 3. The van der Waals surface area contributed by atoms with Crippen LogP contribution in [0.15, 0.2) is 24.3 Å². The summed E-state index contributed by atoms with van der Waals surface area (Å²) in [6.45, 7) is 6.12. The molecule has 0 heterocycles. The van der Waals surface area contributed by atoms with Gasteiger partial charge in [-0.15, -0.1) is 0 Å². The number of hydrogen-bond acceptors (Lipinski definition) is 4. The molecule has 0 aliphatic carbocycles. The van der Waals surface area contributed by atoms with Crippen molar-refractivity contribution in [2.75, 3.05) is 25.5 Å². The number of anilines is 1. The fourth-order valence-corrected chi connectivity index (χ4v) is 1.98. The van der Waals surface area contributed by atoms with E-state index in [2.05, 4.69) is 23.9 Å². The van der Waals surface area contributed by atoms with Crippen LogP contribution in [0.1, 0.15) is 37.6 Å². The van der Waals surface area contributed by atoms with Gasteiger partial charge in [0, 0.05) is 19.2 Å². The minimum atomic E-state index is -0.469. The van der Waals surface area contributed by atoms with Crippen LogP contribution in [-0.2, 0) is 14.3 Å². The molecule has 1 N–H and O–H groups in total. The molecule has 0 bridgehead atoms. The quantitative estimate of drug-likeness (QED) is 0.782. The largest absolute Gasteiger partial charge is 0.465 e. The Bertz CT molecular complexity index is 569. The maximum Gasteiger partial charge on any atom is 0.337 e. The highest BCUT2D eigenvalue weighted by Gasteiger charge is 2.14. The van der Waals surface area contributed by atoms with Gasteiger partial charge in [0.25, 0.3) is 0 Å². The van der Waals surface area contributed by atoms with Crippen LogP contribution in [0.3, 0.4) is 0 Å². The highest BCUT2D eigenvalue weighted by atomic mass is 16.5. The van der Waals surface area contributed by atoms with Gasteiger partial charge in [0.05, 0.1) is 19.2 Å². The van der Waals surface area contributed by atoms with Crippen LogP contribution >= 0.6 is 0 Å². The van der Waals surface area contributed by atoms with Gasteiger partial charge in [0.1, 0.15) is 0 Å². The number of nitrogens with zero attached hydrogens (tertiary/aromatic N) is 1. The Morgan fingerprint density at radius 1 is 1.26 bits per heavy atom. The number of rotatable bonds is 7. The Morgan fingerprint density at radius 3 is 2.52 bits per heavy atom. The van der Waals surface area contributed by atoms with E-state index in [0.717, 1.165) is 6.42 Å². The Labute approximate surface area is 136 Å². The van der Waals surface area contributed by atoms with Gasteiger partial charge in [-0.25, -0.2) is 4.79 Å². The molecule has 1 aromatic carbocycles. The number of hydrogen-bond donors (Lipinski definition) is 1. The van der Waals surface area contributed by atoms with Gasteiger partial charge in [-0.05, 0) is 30.5 Å². The van der Waals surface area contributed by atoms with Crippen LogP contribution in [-0.4, -0.2) is 42.9 Å². The second-order valence-corrected chi connectivity index (χ2v) is 5.74. The standard InChI is InChI=1S/C17H24N2O4/c1-12(2)8-9-19(13(3)20)11-16(21)18-15-7-5-6-14(10-15)17(22)23-4/h5-7,10,12H,8-9,11H2,1-4H3,(H,18,21). The normalized spacial score (nSPS) is 10.3. The van der Waals surface area contributed by atoms with Gasteiger partial charge in [0.15, 0.2) is 0 Å². The van der Waals surface area contributed by atoms with Crippen molar-refractivity contribution in [3.8, 4) is 0 Å². The second-order valence-electron chi connectivity index (χ2n) is 5.74. The highest BCUT2D eigenvalue weighted by molar-refractivity contribution is 5.96. The van der Waals surface area contributed by atoms with Crippen LogP contribution in [0, 0.1) is 5.92 Å². The topological polar surface area (TPSA) is 75.7 Å². The van der Waals surface area contributed by atoms with Crippen molar-refractivity contribution in [3.63, 3.8) is 0 Å². The zero-order valence-electron chi connectivity index (χ0n) is 14.1. The number of benzene rings is 1. The monoisotopic (exact) mass is 320 g/mol. The van der Waals surface area contributed by atoms with Crippen molar-refractivity contribution in [3.05, 3.63) is 29.8 Å². The van der Waals surface area contributed by atoms with Gasteiger partial charge in [-0.3, -0.25) is 9.59 Å². The average molecular weight is 320 g/mol. The molecule has 6 nitrogen and oxygen atoms in total. The molecular weight excluding hydrogens is 296 g/mol. The third-order valence-electron chi connectivity index (χ3n) is 3.32. The summed E-state index contributed by atoms with van der Waals surface area (Å²) in [5.41, 5.74) is 0.846. The van der Waals surface area contributed by atoms with Crippen molar-refractivity contribution in [1.82, 2.24) is 4.90 Å². The molecule has 23 heavy (non-hydrogen) atoms. The minimum absolute atomic E-state index is 0.00942. The number of nitrogens with one attached hydrogen (secondary N) is 1. The zero-order valence-corrected chi connectivity index (χ0v) is 14.1. The van der Waals surface area contributed by atoms with E-state index < -0.39 is 5.97 Å². The second kappa shape index (κ2) is 8.92. The molecule has 0 spiro atoms. The van der Waals surface area contributed by atoms with Crippen molar-refractivity contribution in [1.29, 1.82) is 0 Å². The van der Waals surface area contributed by atoms with E-state index >= 15 is 0 Å². The third kappa shape index (κ3) is 6.50. The average Bonchev–Trinajstić information content (AvgIpc) is 2.50. The SMILES string of the molecule is COC(=O)c1cccc(NC(=O)CN(CCC(C)C)C(C)=O)c1. The summed E-state index contributed by atoms with van der Waals surface area (Å²) < 4.78 is 4.64. The van der Waals surface area contributed by atoms with E-state index in [1.165, 1.54) is 25.0 Å². The molecular formula is C17H24N2O4. The van der Waals surface area contributed by atoms with Crippen molar-refractivity contribution < 1.29 is 19.1 Å². The van der Waals surface area contributed by atoms with Gasteiger partial charge in [-0.2, -0.15) is 0 Å². The van der Waals surface area contributed by atoms with Gasteiger partial charge in [-0.1, -0.05) is 19.9 Å². The van der Waals surface area contributed by atoms with Gasteiger partial charge >= 0.3 is 5.97 Å². The van der Waals surface area contributed by atoms with Crippen LogP contribution < -0.4 is 5.32 Å². The Kier molecular flexibility index (Phi) is 7.25. The predicted molar refractivity (Wildman–Crippen MR) is 88.1 cm³/mol. The van der Waals surface area contributed by atoms with E-state index in [1.54, 1.807) is 18.2 Å². The summed E-state index contributed by atoms with van der Waals surface area (Å²) in [6, 6.07) is 6.47. The number of esters is 1. The van der Waals surface area contributed by atoms with E-state index in [-0.39, 0.29) is 18.4 Å². The Morgan fingerprint density at radius 2 is 1.96 bits per heavy atom. The molecule has 0 radical (unpaired) electrons.